The van der Waals surface area contributed by atoms with Crippen LogP contribution >= 0.6 is 11.6 Å². The number of H-pyrrole nitrogens is 1. The SMILES string of the molecule is FC(F)(F)c1cc(-c2nnc(Nc3ccc(Oc4cccnc4)cc3)[nH]2)ccc1Cl.O=C(O)C(F)(F)F. The molecule has 0 atom stereocenters. The van der Waals surface area contributed by atoms with Crippen LogP contribution in [0.4, 0.5) is 38.0 Å². The molecule has 2 heterocycles. The van der Waals surface area contributed by atoms with E-state index in [9.17, 15) is 26.3 Å². The van der Waals surface area contributed by atoms with Crippen LogP contribution in [0.25, 0.3) is 11.4 Å². The Balaban J connectivity index is 0.000000479. The summed E-state index contributed by atoms with van der Waals surface area (Å²) in [4.78, 5) is 15.7. The zero-order chi connectivity index (χ0) is 27.2. The van der Waals surface area contributed by atoms with E-state index in [1.807, 2.05) is 0 Å². The molecule has 0 unspecified atom stereocenters. The molecule has 8 nitrogen and oxygen atoms in total. The number of alkyl halides is 6. The lowest BCUT2D eigenvalue weighted by atomic mass is 10.1. The molecule has 4 rings (SSSR count). The average Bonchev–Trinajstić information content (AvgIpc) is 3.29. The van der Waals surface area contributed by atoms with Gasteiger partial charge in [0.1, 0.15) is 11.5 Å². The summed E-state index contributed by atoms with van der Waals surface area (Å²) >= 11 is 5.65. The maximum atomic E-state index is 13.1. The van der Waals surface area contributed by atoms with Crippen LogP contribution in [0.2, 0.25) is 5.02 Å². The number of carboxylic acid groups (broad SMARTS) is 1. The molecule has 37 heavy (non-hydrogen) atoms. The summed E-state index contributed by atoms with van der Waals surface area (Å²) in [6, 6.07) is 14.1. The van der Waals surface area contributed by atoms with Crippen LogP contribution in [0.3, 0.4) is 0 Å². The number of carboxylic acids is 1. The van der Waals surface area contributed by atoms with Gasteiger partial charge in [0.05, 0.1) is 16.8 Å². The smallest absolute Gasteiger partial charge is 0.475 e. The number of nitrogens with one attached hydrogen (secondary N) is 2. The minimum absolute atomic E-state index is 0.177. The van der Waals surface area contributed by atoms with Gasteiger partial charge in [-0.1, -0.05) is 11.6 Å². The second-order valence-electron chi connectivity index (χ2n) is 6.96. The number of carbonyl (C=O) groups is 1. The van der Waals surface area contributed by atoms with Gasteiger partial charge in [-0.15, -0.1) is 10.2 Å². The highest BCUT2D eigenvalue weighted by Gasteiger charge is 2.38. The second-order valence-corrected chi connectivity index (χ2v) is 7.36. The van der Waals surface area contributed by atoms with Crippen molar-refractivity contribution < 1.29 is 41.0 Å². The van der Waals surface area contributed by atoms with Crippen LogP contribution in [-0.4, -0.2) is 37.4 Å². The van der Waals surface area contributed by atoms with Gasteiger partial charge in [-0.3, -0.25) is 4.98 Å². The lowest BCUT2D eigenvalue weighted by Gasteiger charge is -2.09. The Morgan fingerprint density at radius 1 is 0.973 bits per heavy atom. The topological polar surface area (TPSA) is 113 Å². The van der Waals surface area contributed by atoms with Crippen LogP contribution in [-0.2, 0) is 11.0 Å². The van der Waals surface area contributed by atoms with Crippen LogP contribution in [0, 0.1) is 0 Å². The van der Waals surface area contributed by atoms with E-state index in [1.54, 1.807) is 48.8 Å². The number of aliphatic carboxylic acids is 1. The van der Waals surface area contributed by atoms with Crippen molar-refractivity contribution in [1.29, 1.82) is 0 Å². The Morgan fingerprint density at radius 3 is 2.22 bits per heavy atom. The van der Waals surface area contributed by atoms with E-state index in [-0.39, 0.29) is 22.4 Å². The van der Waals surface area contributed by atoms with Crippen LogP contribution in [0.1, 0.15) is 5.56 Å². The lowest BCUT2D eigenvalue weighted by molar-refractivity contribution is -0.192. The van der Waals surface area contributed by atoms with E-state index < -0.39 is 23.9 Å². The molecule has 0 spiro atoms. The molecule has 0 saturated heterocycles. The lowest BCUT2D eigenvalue weighted by Crippen LogP contribution is -2.21. The zero-order valence-electron chi connectivity index (χ0n) is 18.1. The maximum Gasteiger partial charge on any atom is 0.490 e. The number of pyridine rings is 1. The molecule has 0 bridgehead atoms. The molecule has 2 aromatic carbocycles. The Morgan fingerprint density at radius 2 is 1.65 bits per heavy atom. The normalized spacial score (nSPS) is 11.3. The van der Waals surface area contributed by atoms with Gasteiger partial charge in [0.25, 0.3) is 0 Å². The Bertz CT molecular complexity index is 1350. The average molecular weight is 546 g/mol. The number of benzene rings is 2. The summed E-state index contributed by atoms with van der Waals surface area (Å²) in [5, 5.41) is 17.6. The Labute approximate surface area is 208 Å². The number of halogens is 7. The van der Waals surface area contributed by atoms with Gasteiger partial charge in [-0.05, 0) is 54.6 Å². The van der Waals surface area contributed by atoms with Crippen molar-refractivity contribution in [3.05, 3.63) is 77.6 Å². The summed E-state index contributed by atoms with van der Waals surface area (Å²) in [6.45, 7) is 0. The van der Waals surface area contributed by atoms with Crippen LogP contribution in [0.15, 0.2) is 67.0 Å². The van der Waals surface area contributed by atoms with Crippen molar-refractivity contribution >= 4 is 29.2 Å². The molecule has 0 radical (unpaired) electrons. The van der Waals surface area contributed by atoms with Crippen molar-refractivity contribution in [2.45, 2.75) is 12.4 Å². The second kappa shape index (κ2) is 11.2. The summed E-state index contributed by atoms with van der Waals surface area (Å²) in [7, 11) is 0. The summed E-state index contributed by atoms with van der Waals surface area (Å²) in [6.07, 6.45) is -6.39. The number of ether oxygens (including phenoxy) is 1. The molecule has 3 N–H and O–H groups in total. The van der Waals surface area contributed by atoms with Crippen molar-refractivity contribution in [2.24, 2.45) is 0 Å². The predicted octanol–water partition coefficient (Wildman–Crippen LogP) is 6.71. The number of nitrogens with zero attached hydrogens (tertiary/aromatic N) is 3. The van der Waals surface area contributed by atoms with Crippen LogP contribution in [0.5, 0.6) is 11.5 Å². The van der Waals surface area contributed by atoms with Crippen molar-refractivity contribution in [2.75, 3.05) is 5.32 Å². The molecular weight excluding hydrogens is 532 g/mol. The summed E-state index contributed by atoms with van der Waals surface area (Å²) in [5.41, 5.74) is -0.0346. The number of rotatable bonds is 5. The third-order valence-corrected chi connectivity index (χ3v) is 4.59. The number of hydrogen-bond acceptors (Lipinski definition) is 6. The van der Waals surface area contributed by atoms with E-state index in [1.165, 1.54) is 12.1 Å². The molecule has 0 saturated carbocycles. The fourth-order valence-electron chi connectivity index (χ4n) is 2.62. The molecular formula is C22H14ClF6N5O3. The molecule has 15 heteroatoms. The standard InChI is InChI=1S/C20H13ClF3N5O.C2HF3O2/c21-17-8-3-12(10-16(17)20(22,23)24)18-27-19(29-28-18)26-13-4-6-14(7-5-13)30-15-2-1-9-25-11-15;3-2(4,5)1(6)7/h1-11H,(H2,26,27,28,29);(H,6,7). The number of aromatic amines is 1. The molecule has 0 fully saturated rings. The molecule has 0 aliphatic heterocycles. The highest BCUT2D eigenvalue weighted by molar-refractivity contribution is 6.31. The first-order valence-electron chi connectivity index (χ1n) is 9.88. The first-order valence-corrected chi connectivity index (χ1v) is 10.3. The number of anilines is 2. The van der Waals surface area contributed by atoms with Crippen LogP contribution < -0.4 is 10.1 Å². The van der Waals surface area contributed by atoms with Gasteiger partial charge in [-0.2, -0.15) is 26.3 Å². The largest absolute Gasteiger partial charge is 0.490 e. The molecule has 0 amide bonds. The highest BCUT2D eigenvalue weighted by atomic mass is 35.5. The first kappa shape index (κ1) is 27.3. The molecule has 0 aliphatic rings. The van der Waals surface area contributed by atoms with E-state index >= 15 is 0 Å². The van der Waals surface area contributed by atoms with Gasteiger partial charge < -0.3 is 20.1 Å². The number of aromatic nitrogens is 4. The quantitative estimate of drug-likeness (QED) is 0.239. The van der Waals surface area contributed by atoms with Crippen molar-refractivity contribution in [1.82, 2.24) is 20.2 Å². The molecule has 0 aliphatic carbocycles. The minimum Gasteiger partial charge on any atom is -0.475 e. The molecule has 4 aromatic rings. The Hall–Kier alpha value is -4.33. The third kappa shape index (κ3) is 7.83. The van der Waals surface area contributed by atoms with Gasteiger partial charge in [0, 0.05) is 17.4 Å². The van der Waals surface area contributed by atoms with Gasteiger partial charge in [0.15, 0.2) is 5.82 Å². The molecule has 2 aromatic heterocycles. The van der Waals surface area contributed by atoms with E-state index in [2.05, 4.69) is 25.5 Å². The van der Waals surface area contributed by atoms with Gasteiger partial charge in [0.2, 0.25) is 5.95 Å². The maximum absolute atomic E-state index is 13.1. The zero-order valence-corrected chi connectivity index (χ0v) is 18.9. The Kier molecular flexibility index (Phi) is 8.22. The predicted molar refractivity (Wildman–Crippen MR) is 120 cm³/mol. The fourth-order valence-corrected chi connectivity index (χ4v) is 2.85. The van der Waals surface area contributed by atoms with E-state index in [0.29, 0.717) is 17.2 Å². The monoisotopic (exact) mass is 545 g/mol. The first-order chi connectivity index (χ1) is 17.3. The third-order valence-electron chi connectivity index (χ3n) is 4.26. The summed E-state index contributed by atoms with van der Waals surface area (Å²) < 4.78 is 76.6. The van der Waals surface area contributed by atoms with E-state index in [4.69, 9.17) is 26.2 Å². The van der Waals surface area contributed by atoms with Gasteiger partial charge >= 0.3 is 18.3 Å². The highest BCUT2D eigenvalue weighted by Crippen LogP contribution is 2.36. The van der Waals surface area contributed by atoms with Gasteiger partial charge in [-0.25, -0.2) is 4.79 Å². The molecule has 194 valence electrons. The van der Waals surface area contributed by atoms with E-state index in [0.717, 1.165) is 6.07 Å². The number of hydrogen-bond donors (Lipinski definition) is 3. The van der Waals surface area contributed by atoms with Crippen molar-refractivity contribution in [3.8, 4) is 22.9 Å². The minimum atomic E-state index is -5.08. The van der Waals surface area contributed by atoms with Crippen molar-refractivity contribution in [3.63, 3.8) is 0 Å². The fraction of sp³-hybridized carbons (Fsp3) is 0.0909. The summed E-state index contributed by atoms with van der Waals surface area (Å²) in [5.74, 6) is -1.08.